The SMILES string of the molecule is O=C(CCC1CCCCC1)N[C@@H](Cc1ccccc1)C(=O)N1CCC[C@H]1C(=O)C(=O)NC1CCCCC1. The first kappa shape index (κ1) is 27.3. The molecule has 2 aliphatic carbocycles. The van der Waals surface area contributed by atoms with Crippen LogP contribution in [-0.4, -0.2) is 53.1 Å². The molecule has 0 aromatic heterocycles. The van der Waals surface area contributed by atoms with Crippen LogP contribution in [0.4, 0.5) is 0 Å². The molecule has 1 aliphatic heterocycles. The Morgan fingerprint density at radius 1 is 0.838 bits per heavy atom. The fourth-order valence-electron chi connectivity index (χ4n) is 6.29. The van der Waals surface area contributed by atoms with Gasteiger partial charge in [0.2, 0.25) is 17.6 Å². The topological polar surface area (TPSA) is 95.6 Å². The molecule has 0 unspecified atom stereocenters. The van der Waals surface area contributed by atoms with Crippen molar-refractivity contribution in [3.63, 3.8) is 0 Å². The molecule has 1 saturated heterocycles. The van der Waals surface area contributed by atoms with E-state index in [-0.39, 0.29) is 17.9 Å². The van der Waals surface area contributed by atoms with Gasteiger partial charge in [0, 0.05) is 25.4 Å². The standard InChI is InChI=1S/C30H43N3O4/c34-27(19-18-22-11-4-1-5-12-22)32-25(21-23-13-6-2-7-14-23)30(37)33-20-10-17-26(33)28(35)29(36)31-24-15-8-3-9-16-24/h2,6-7,13-14,22,24-26H,1,3-5,8-12,15-21H2,(H,31,36)(H,32,34)/t25-,26-/m0/s1. The van der Waals surface area contributed by atoms with Crippen LogP contribution < -0.4 is 10.6 Å². The summed E-state index contributed by atoms with van der Waals surface area (Å²) in [4.78, 5) is 54.1. The fourth-order valence-corrected chi connectivity index (χ4v) is 6.29. The number of nitrogens with one attached hydrogen (secondary N) is 2. The molecule has 37 heavy (non-hydrogen) atoms. The number of hydrogen-bond donors (Lipinski definition) is 2. The van der Waals surface area contributed by atoms with E-state index in [1.165, 1.54) is 43.4 Å². The van der Waals surface area contributed by atoms with E-state index in [0.717, 1.165) is 37.7 Å². The van der Waals surface area contributed by atoms with Crippen LogP contribution >= 0.6 is 0 Å². The van der Waals surface area contributed by atoms with E-state index in [9.17, 15) is 19.2 Å². The molecule has 0 bridgehead atoms. The van der Waals surface area contributed by atoms with Crippen LogP contribution in [0.25, 0.3) is 0 Å². The Morgan fingerprint density at radius 3 is 2.22 bits per heavy atom. The van der Waals surface area contributed by atoms with Crippen molar-refractivity contribution in [2.75, 3.05) is 6.54 Å². The van der Waals surface area contributed by atoms with E-state index in [0.29, 0.717) is 38.1 Å². The molecule has 3 amide bonds. The maximum Gasteiger partial charge on any atom is 0.289 e. The predicted octanol–water partition coefficient (Wildman–Crippen LogP) is 4.08. The molecule has 1 aromatic carbocycles. The molecule has 0 radical (unpaired) electrons. The molecule has 7 heteroatoms. The summed E-state index contributed by atoms with van der Waals surface area (Å²) in [6.07, 6.45) is 14.0. The minimum Gasteiger partial charge on any atom is -0.347 e. The molecule has 202 valence electrons. The number of ketones is 1. The third-order valence-electron chi connectivity index (χ3n) is 8.42. The monoisotopic (exact) mass is 509 g/mol. The van der Waals surface area contributed by atoms with Crippen molar-refractivity contribution < 1.29 is 19.2 Å². The zero-order valence-electron chi connectivity index (χ0n) is 22.1. The number of carbonyl (C=O) groups is 4. The largest absolute Gasteiger partial charge is 0.347 e. The molecular formula is C30H43N3O4. The van der Waals surface area contributed by atoms with Crippen LogP contribution in [0.3, 0.4) is 0 Å². The summed E-state index contributed by atoms with van der Waals surface area (Å²) < 4.78 is 0. The Kier molecular flexibility index (Phi) is 10.1. The molecule has 1 aromatic rings. The first-order valence-corrected chi connectivity index (χ1v) is 14.5. The smallest absolute Gasteiger partial charge is 0.289 e. The van der Waals surface area contributed by atoms with Crippen LogP contribution in [0.1, 0.15) is 95.5 Å². The minimum atomic E-state index is -0.756. The molecule has 4 rings (SSSR count). The number of hydrogen-bond acceptors (Lipinski definition) is 4. The first-order valence-electron chi connectivity index (χ1n) is 14.5. The lowest BCUT2D eigenvalue weighted by Gasteiger charge is -2.29. The first-order chi connectivity index (χ1) is 18.0. The van der Waals surface area contributed by atoms with Gasteiger partial charge in [-0.2, -0.15) is 0 Å². The van der Waals surface area contributed by atoms with Gasteiger partial charge in [-0.25, -0.2) is 0 Å². The van der Waals surface area contributed by atoms with E-state index >= 15 is 0 Å². The zero-order chi connectivity index (χ0) is 26.0. The van der Waals surface area contributed by atoms with Gasteiger partial charge >= 0.3 is 0 Å². The maximum absolute atomic E-state index is 13.7. The number of likely N-dealkylation sites (tertiary alicyclic amines) is 1. The third-order valence-corrected chi connectivity index (χ3v) is 8.42. The van der Waals surface area contributed by atoms with Gasteiger partial charge in [0.1, 0.15) is 12.1 Å². The second-order valence-electron chi connectivity index (χ2n) is 11.2. The van der Waals surface area contributed by atoms with Gasteiger partial charge < -0.3 is 15.5 Å². The molecule has 3 aliphatic rings. The van der Waals surface area contributed by atoms with Gasteiger partial charge in [-0.3, -0.25) is 19.2 Å². The van der Waals surface area contributed by atoms with Crippen molar-refractivity contribution in [2.24, 2.45) is 5.92 Å². The summed E-state index contributed by atoms with van der Waals surface area (Å²) in [5, 5.41) is 5.90. The number of Topliss-reactive ketones (excluding diaryl/α,β-unsaturated/α-hetero) is 1. The van der Waals surface area contributed by atoms with E-state index in [1.54, 1.807) is 0 Å². The molecule has 0 spiro atoms. The Balaban J connectivity index is 1.40. The van der Waals surface area contributed by atoms with Gasteiger partial charge in [0.15, 0.2) is 0 Å². The van der Waals surface area contributed by atoms with E-state index in [4.69, 9.17) is 0 Å². The fraction of sp³-hybridized carbons (Fsp3) is 0.667. The zero-order valence-corrected chi connectivity index (χ0v) is 22.1. The summed E-state index contributed by atoms with van der Waals surface area (Å²) in [6.45, 7) is 0.426. The van der Waals surface area contributed by atoms with Crippen molar-refractivity contribution in [1.29, 1.82) is 0 Å². The highest BCUT2D eigenvalue weighted by Gasteiger charge is 2.40. The second-order valence-corrected chi connectivity index (χ2v) is 11.2. The molecule has 3 fully saturated rings. The van der Waals surface area contributed by atoms with Crippen molar-refractivity contribution in [3.05, 3.63) is 35.9 Å². The Bertz CT molecular complexity index is 922. The van der Waals surface area contributed by atoms with Crippen molar-refractivity contribution in [2.45, 2.75) is 114 Å². The highest BCUT2D eigenvalue weighted by atomic mass is 16.2. The quantitative estimate of drug-likeness (QED) is 0.465. The van der Waals surface area contributed by atoms with E-state index in [1.807, 2.05) is 30.3 Å². The molecule has 1 heterocycles. The predicted molar refractivity (Wildman–Crippen MR) is 143 cm³/mol. The number of benzene rings is 1. The van der Waals surface area contributed by atoms with E-state index in [2.05, 4.69) is 10.6 Å². The summed E-state index contributed by atoms with van der Waals surface area (Å²) in [5.41, 5.74) is 0.950. The lowest BCUT2D eigenvalue weighted by molar-refractivity contribution is -0.146. The Hall–Kier alpha value is -2.70. The third kappa shape index (κ3) is 7.89. The number of carbonyl (C=O) groups excluding carboxylic acids is 4. The Labute approximate surface area is 221 Å². The summed E-state index contributed by atoms with van der Waals surface area (Å²) in [7, 11) is 0. The Morgan fingerprint density at radius 2 is 1.51 bits per heavy atom. The highest BCUT2D eigenvalue weighted by Crippen LogP contribution is 2.27. The van der Waals surface area contributed by atoms with Gasteiger partial charge in [-0.05, 0) is 43.6 Å². The lowest BCUT2D eigenvalue weighted by atomic mass is 9.86. The van der Waals surface area contributed by atoms with Crippen LogP contribution in [0.5, 0.6) is 0 Å². The molecule has 7 nitrogen and oxygen atoms in total. The van der Waals surface area contributed by atoms with Crippen molar-refractivity contribution in [3.8, 4) is 0 Å². The average Bonchev–Trinajstić information content (AvgIpc) is 3.42. The summed E-state index contributed by atoms with van der Waals surface area (Å²) in [5.74, 6) is -0.898. The van der Waals surface area contributed by atoms with Gasteiger partial charge in [-0.1, -0.05) is 81.7 Å². The number of rotatable bonds is 10. The molecular weight excluding hydrogens is 466 g/mol. The highest BCUT2D eigenvalue weighted by molar-refractivity contribution is 6.38. The molecule has 2 saturated carbocycles. The van der Waals surface area contributed by atoms with E-state index < -0.39 is 23.8 Å². The minimum absolute atomic E-state index is 0.0463. The van der Waals surface area contributed by atoms with Crippen molar-refractivity contribution in [1.82, 2.24) is 15.5 Å². The average molecular weight is 510 g/mol. The lowest BCUT2D eigenvalue weighted by Crippen LogP contribution is -2.55. The summed E-state index contributed by atoms with van der Waals surface area (Å²) >= 11 is 0. The van der Waals surface area contributed by atoms with Crippen LogP contribution in [0.2, 0.25) is 0 Å². The van der Waals surface area contributed by atoms with Crippen LogP contribution in [-0.2, 0) is 25.6 Å². The van der Waals surface area contributed by atoms with Crippen LogP contribution in [0.15, 0.2) is 30.3 Å². The van der Waals surface area contributed by atoms with Crippen molar-refractivity contribution >= 4 is 23.5 Å². The number of nitrogens with zero attached hydrogens (tertiary/aromatic N) is 1. The van der Waals surface area contributed by atoms with Gasteiger partial charge in [0.05, 0.1) is 0 Å². The molecule has 2 N–H and O–H groups in total. The maximum atomic E-state index is 13.7. The number of amides is 3. The molecule has 2 atom stereocenters. The second kappa shape index (κ2) is 13.7. The normalized spacial score (nSPS) is 21.8. The summed E-state index contributed by atoms with van der Waals surface area (Å²) in [6, 6.07) is 8.18. The van der Waals surface area contributed by atoms with Crippen LogP contribution in [0, 0.1) is 5.92 Å². The van der Waals surface area contributed by atoms with Gasteiger partial charge in [0.25, 0.3) is 5.91 Å². The van der Waals surface area contributed by atoms with Gasteiger partial charge in [-0.15, -0.1) is 0 Å².